The van der Waals surface area contributed by atoms with Gasteiger partial charge in [0.05, 0.1) is 0 Å². The highest BCUT2D eigenvalue weighted by Gasteiger charge is 2.56. The van der Waals surface area contributed by atoms with Crippen molar-refractivity contribution in [2.45, 2.75) is 25.9 Å². The number of aliphatic carboxylic acids is 1. The summed E-state index contributed by atoms with van der Waals surface area (Å²) in [6, 6.07) is 9.57. The molecular formula is C16H19NO4. The van der Waals surface area contributed by atoms with Gasteiger partial charge in [-0.25, -0.2) is 4.79 Å². The molecule has 21 heavy (non-hydrogen) atoms. The summed E-state index contributed by atoms with van der Waals surface area (Å²) in [6.07, 6.45) is 1.89. The highest BCUT2D eigenvalue weighted by Crippen LogP contribution is 2.54. The van der Waals surface area contributed by atoms with Crippen molar-refractivity contribution in [1.29, 1.82) is 0 Å². The van der Waals surface area contributed by atoms with E-state index in [1.54, 1.807) is 4.90 Å². The molecule has 1 atom stereocenters. The Balaban J connectivity index is 1.45. The van der Waals surface area contributed by atoms with Crippen molar-refractivity contribution in [2.24, 2.45) is 11.3 Å². The van der Waals surface area contributed by atoms with Gasteiger partial charge in [0.2, 0.25) is 0 Å². The van der Waals surface area contributed by atoms with Crippen LogP contribution in [0.1, 0.15) is 24.8 Å². The monoisotopic (exact) mass is 289 g/mol. The van der Waals surface area contributed by atoms with E-state index in [1.165, 1.54) is 0 Å². The fourth-order valence-corrected chi connectivity index (χ4v) is 3.36. The second kappa shape index (κ2) is 5.39. The first kappa shape index (κ1) is 13.9. The fraction of sp³-hybridized carbons (Fsp3) is 0.500. The molecule has 1 saturated carbocycles. The number of hydrogen-bond donors (Lipinski definition) is 1. The number of carbonyl (C=O) groups excluding carboxylic acids is 1. The van der Waals surface area contributed by atoms with E-state index in [-0.39, 0.29) is 30.5 Å². The lowest BCUT2D eigenvalue weighted by atomic mass is 9.55. The number of ether oxygens (including phenoxy) is 1. The lowest BCUT2D eigenvalue weighted by Gasteiger charge is -2.60. The maximum absolute atomic E-state index is 11.9. The number of hydrogen-bond acceptors (Lipinski definition) is 3. The molecule has 1 aliphatic heterocycles. The van der Waals surface area contributed by atoms with E-state index in [2.05, 4.69) is 0 Å². The summed E-state index contributed by atoms with van der Waals surface area (Å²) in [6.45, 7) is 1.55. The Labute approximate surface area is 123 Å². The number of amides is 1. The van der Waals surface area contributed by atoms with Crippen molar-refractivity contribution in [3.63, 3.8) is 0 Å². The van der Waals surface area contributed by atoms with Gasteiger partial charge in [0.25, 0.3) is 0 Å². The molecule has 0 radical (unpaired) electrons. The molecule has 112 valence electrons. The Bertz CT molecular complexity index is 536. The first-order valence-corrected chi connectivity index (χ1v) is 7.26. The predicted molar refractivity (Wildman–Crippen MR) is 75.6 cm³/mol. The zero-order valence-electron chi connectivity index (χ0n) is 11.8. The molecule has 1 aliphatic carbocycles. The van der Waals surface area contributed by atoms with Gasteiger partial charge < -0.3 is 14.7 Å². The summed E-state index contributed by atoms with van der Waals surface area (Å²) < 4.78 is 5.28. The third-order valence-electron chi connectivity index (χ3n) is 4.75. The number of nitrogens with zero attached hydrogens (tertiary/aromatic N) is 1. The van der Waals surface area contributed by atoms with E-state index in [0.717, 1.165) is 18.4 Å². The molecule has 1 heterocycles. The molecule has 3 rings (SSSR count). The van der Waals surface area contributed by atoms with Gasteiger partial charge in [-0.15, -0.1) is 0 Å². The Morgan fingerprint density at radius 1 is 1.29 bits per heavy atom. The number of carboxylic acids is 1. The zero-order chi connectivity index (χ0) is 14.9. The van der Waals surface area contributed by atoms with Crippen LogP contribution < -0.4 is 0 Å². The first-order chi connectivity index (χ1) is 10.1. The molecule has 5 nitrogen and oxygen atoms in total. The van der Waals surface area contributed by atoms with Crippen LogP contribution in [0, 0.1) is 11.3 Å². The molecular weight excluding hydrogens is 270 g/mol. The summed E-state index contributed by atoms with van der Waals surface area (Å²) in [5.41, 5.74) is 1.01. The second-order valence-corrected chi connectivity index (χ2v) is 6.09. The van der Waals surface area contributed by atoms with Crippen LogP contribution in [0.5, 0.6) is 0 Å². The van der Waals surface area contributed by atoms with Crippen LogP contribution in [0.15, 0.2) is 30.3 Å². The molecule has 1 amide bonds. The third-order valence-corrected chi connectivity index (χ3v) is 4.75. The molecule has 1 aromatic rings. The molecule has 0 bridgehead atoms. The Hall–Kier alpha value is -2.04. The van der Waals surface area contributed by atoms with Crippen LogP contribution >= 0.6 is 0 Å². The van der Waals surface area contributed by atoms with Gasteiger partial charge in [-0.1, -0.05) is 30.3 Å². The average molecular weight is 289 g/mol. The van der Waals surface area contributed by atoms with Crippen molar-refractivity contribution in [3.05, 3.63) is 35.9 Å². The lowest BCUT2D eigenvalue weighted by Crippen LogP contribution is -2.65. The number of carbonyl (C=O) groups is 2. The number of rotatable bonds is 4. The van der Waals surface area contributed by atoms with E-state index in [4.69, 9.17) is 9.84 Å². The van der Waals surface area contributed by atoms with Gasteiger partial charge in [0, 0.05) is 24.9 Å². The van der Waals surface area contributed by atoms with Crippen molar-refractivity contribution >= 4 is 12.1 Å². The van der Waals surface area contributed by atoms with Crippen molar-refractivity contribution in [3.8, 4) is 0 Å². The van der Waals surface area contributed by atoms with E-state index in [9.17, 15) is 9.59 Å². The van der Waals surface area contributed by atoms with Gasteiger partial charge in [-0.2, -0.15) is 0 Å². The molecule has 1 N–H and O–H groups in total. The minimum absolute atomic E-state index is 0.0458. The molecule has 2 aliphatic rings. The van der Waals surface area contributed by atoms with Crippen LogP contribution in [0.3, 0.4) is 0 Å². The van der Waals surface area contributed by atoms with Crippen molar-refractivity contribution < 1.29 is 19.4 Å². The molecule has 1 spiro atoms. The van der Waals surface area contributed by atoms with E-state index in [0.29, 0.717) is 13.1 Å². The Morgan fingerprint density at radius 3 is 2.57 bits per heavy atom. The lowest BCUT2D eigenvalue weighted by molar-refractivity contribution is -0.148. The quantitative estimate of drug-likeness (QED) is 0.925. The van der Waals surface area contributed by atoms with Crippen LogP contribution in [0.4, 0.5) is 4.79 Å². The van der Waals surface area contributed by atoms with Crippen LogP contribution in [-0.2, 0) is 16.1 Å². The Morgan fingerprint density at radius 2 is 2.00 bits per heavy atom. The Kier molecular flexibility index (Phi) is 3.57. The minimum Gasteiger partial charge on any atom is -0.481 e. The molecule has 2 fully saturated rings. The van der Waals surface area contributed by atoms with Gasteiger partial charge >= 0.3 is 12.1 Å². The van der Waals surface area contributed by atoms with Crippen LogP contribution in [0.2, 0.25) is 0 Å². The summed E-state index contributed by atoms with van der Waals surface area (Å²) >= 11 is 0. The topological polar surface area (TPSA) is 66.8 Å². The summed E-state index contributed by atoms with van der Waals surface area (Å²) in [4.78, 5) is 24.4. The van der Waals surface area contributed by atoms with Crippen molar-refractivity contribution in [2.75, 3.05) is 13.1 Å². The van der Waals surface area contributed by atoms with Crippen LogP contribution in [-0.4, -0.2) is 35.2 Å². The summed E-state index contributed by atoms with van der Waals surface area (Å²) in [5.74, 6) is -0.530. The smallest absolute Gasteiger partial charge is 0.410 e. The molecule has 1 saturated heterocycles. The first-order valence-electron chi connectivity index (χ1n) is 7.26. The maximum Gasteiger partial charge on any atom is 0.410 e. The molecule has 1 aromatic carbocycles. The normalized spacial score (nSPS) is 22.3. The number of carboxylic acid groups (broad SMARTS) is 1. The number of benzene rings is 1. The van der Waals surface area contributed by atoms with E-state index < -0.39 is 5.97 Å². The van der Waals surface area contributed by atoms with Gasteiger partial charge in [-0.3, -0.25) is 4.79 Å². The predicted octanol–water partition coefficient (Wildman–Crippen LogP) is 2.51. The van der Waals surface area contributed by atoms with Gasteiger partial charge in [0.15, 0.2) is 0 Å². The van der Waals surface area contributed by atoms with Crippen LogP contribution in [0.25, 0.3) is 0 Å². The second-order valence-electron chi connectivity index (χ2n) is 6.09. The standard InChI is InChI=1S/C16H19NO4/c18-14(19)8-13-6-7-16(13)10-17(11-16)15(20)21-9-12-4-2-1-3-5-12/h1-5,13H,6-11H2,(H,18,19). The maximum atomic E-state index is 11.9. The van der Waals surface area contributed by atoms with Crippen molar-refractivity contribution in [1.82, 2.24) is 4.90 Å². The van der Waals surface area contributed by atoms with Gasteiger partial charge in [0.1, 0.15) is 6.61 Å². The SMILES string of the molecule is O=C(O)CC1CCC12CN(C(=O)OCc1ccccc1)C2. The third kappa shape index (κ3) is 2.73. The zero-order valence-corrected chi connectivity index (χ0v) is 11.8. The summed E-state index contributed by atoms with van der Waals surface area (Å²) in [7, 11) is 0. The average Bonchev–Trinajstić information content (AvgIpc) is 2.41. The largest absolute Gasteiger partial charge is 0.481 e. The molecule has 5 heteroatoms. The minimum atomic E-state index is -0.746. The highest BCUT2D eigenvalue weighted by molar-refractivity contribution is 5.70. The fourth-order valence-electron chi connectivity index (χ4n) is 3.36. The van der Waals surface area contributed by atoms with E-state index in [1.807, 2.05) is 30.3 Å². The summed E-state index contributed by atoms with van der Waals surface area (Å²) in [5, 5.41) is 8.88. The highest BCUT2D eigenvalue weighted by atomic mass is 16.6. The molecule has 0 aromatic heterocycles. The number of likely N-dealkylation sites (tertiary alicyclic amines) is 1. The van der Waals surface area contributed by atoms with Gasteiger partial charge in [-0.05, 0) is 24.3 Å². The molecule has 1 unspecified atom stereocenters. The van der Waals surface area contributed by atoms with E-state index >= 15 is 0 Å².